The molecule has 110 heavy (non-hydrogen) atoms. The molecule has 4 heterocycles. The molecule has 0 spiro atoms. The number of aromatic amines is 1. The second kappa shape index (κ2) is 42.9. The Morgan fingerprint density at radius 3 is 1.63 bits per heavy atom. The highest BCUT2D eigenvalue weighted by Gasteiger charge is 2.37. The second-order valence-electron chi connectivity index (χ2n) is 32.3. The fraction of sp³-hybridized carbons (Fsp3) is 0.571. The zero-order valence-electron chi connectivity index (χ0n) is 67.5. The fourth-order valence-corrected chi connectivity index (χ4v) is 13.4. The van der Waals surface area contributed by atoms with Gasteiger partial charge >= 0.3 is 12.1 Å². The molecule has 2 unspecified atom stereocenters. The number of nitrogens with zero attached hydrogens (tertiary/aromatic N) is 7. The molecule has 5 N–H and O–H groups in total. The standard InChI is InChI=1S/C43H61N5O7.C41H59N7O7/c1-42(2,3)29-31(41(52)43(4,5)6)15-9-8-10-20-38(51)55-26-24-48-40-34-18-13-14-19-35(34)47(30-32-16-11-12-17-33(32)39(40)45-46-48)37(50)22-21-36(49)44-23-25-54-28-27-53-7;1-40(2,3)38(51)32(44-41(4,5)6)17-12-13-21-43-39(52)55-25-23-48-37-30-15-9-8-14-29(30)28-47(33-18-11-10-16-31(33)36(37)45-46-48)35(50)20-19-34(49)42-22-24-54-27-26-53-7/h11-14,16-19,31H,8-10,15,20-30H2,1-7H3,(H,44,49);8-11,14-16,18,32,44H,12-13,17,19-28H2,1-7H3,(H2,42,43,49,52)/p+1. The van der Waals surface area contributed by atoms with Crippen molar-refractivity contribution in [2.75, 3.05) is 96.5 Å². The zero-order valence-corrected chi connectivity index (χ0v) is 67.5. The molecule has 2 atom stereocenters. The Balaban J connectivity index is 0.000000306. The van der Waals surface area contributed by atoms with E-state index in [1.54, 1.807) is 28.7 Å². The Hall–Kier alpha value is -9.08. The van der Waals surface area contributed by atoms with Crippen LogP contribution in [0.5, 0.6) is 0 Å². The van der Waals surface area contributed by atoms with Crippen LogP contribution >= 0.6 is 0 Å². The molecule has 2 aromatic heterocycles. The van der Waals surface area contributed by atoms with Crippen molar-refractivity contribution in [3.8, 4) is 45.0 Å². The maximum absolute atomic E-state index is 13.9. The summed E-state index contributed by atoms with van der Waals surface area (Å²) in [7, 11) is 3.20. The van der Waals surface area contributed by atoms with Crippen LogP contribution < -0.4 is 35.7 Å². The summed E-state index contributed by atoms with van der Waals surface area (Å²) < 4.78 is 35.5. The third-order valence-corrected chi connectivity index (χ3v) is 18.7. The lowest BCUT2D eigenvalue weighted by Crippen LogP contribution is -2.50. The van der Waals surface area contributed by atoms with E-state index in [2.05, 4.69) is 83.4 Å². The number of unbranched alkanes of at least 4 members (excludes halogenated alkanes) is 3. The number of esters is 1. The molecule has 0 saturated carbocycles. The van der Waals surface area contributed by atoms with Gasteiger partial charge in [0.2, 0.25) is 29.3 Å². The number of nitrogens with one attached hydrogen (secondary N) is 5. The van der Waals surface area contributed by atoms with Gasteiger partial charge in [-0.05, 0) is 94.0 Å². The molecule has 0 saturated heterocycles. The van der Waals surface area contributed by atoms with Crippen LogP contribution in [0.1, 0.15) is 178 Å². The van der Waals surface area contributed by atoms with Gasteiger partial charge in [-0.15, -0.1) is 5.10 Å². The summed E-state index contributed by atoms with van der Waals surface area (Å²) in [5.74, 6) is -0.565. The van der Waals surface area contributed by atoms with E-state index < -0.39 is 11.5 Å². The molecule has 26 nitrogen and oxygen atoms in total. The Labute approximate surface area is 649 Å². The van der Waals surface area contributed by atoms with Crippen molar-refractivity contribution < 1.29 is 71.5 Å². The van der Waals surface area contributed by atoms with Crippen LogP contribution in [0.15, 0.2) is 97.1 Å². The van der Waals surface area contributed by atoms with Gasteiger partial charge in [-0.3, -0.25) is 33.6 Å². The van der Waals surface area contributed by atoms with Crippen LogP contribution in [0.4, 0.5) is 16.2 Å². The van der Waals surface area contributed by atoms with Crippen molar-refractivity contribution in [1.29, 1.82) is 0 Å². The number of fused-ring (bicyclic) bond motifs is 10. The first-order valence-electron chi connectivity index (χ1n) is 38.9. The predicted octanol–water partition coefficient (Wildman–Crippen LogP) is 11.9. The van der Waals surface area contributed by atoms with Crippen molar-refractivity contribution in [2.24, 2.45) is 22.2 Å². The molecule has 5 amide bonds. The number of H-pyrrole nitrogens is 1. The van der Waals surface area contributed by atoms with E-state index in [0.29, 0.717) is 133 Å². The SMILES string of the molecule is COCCOCCNC(=O)CCC(=O)N1Cc2ccccc2-c2c(n[nH][n+]2CCOC(=O)NCCCCC(NC(C)(C)C)C(=O)C(C)(C)C)-c2ccccc21.COCCOCCNC(=O)CCC(=O)N1Cc2ccccc2-c2nnn(CCOC(=O)CCCCCC(CC(C)(C)C)C(=O)C(C)(C)C)c2-c2ccccc21. The third-order valence-electron chi connectivity index (χ3n) is 18.7. The first-order valence-corrected chi connectivity index (χ1v) is 38.9. The molecule has 8 rings (SSSR count). The highest BCUT2D eigenvalue weighted by Crippen LogP contribution is 2.43. The van der Waals surface area contributed by atoms with Crippen LogP contribution in [0.3, 0.4) is 0 Å². The van der Waals surface area contributed by atoms with Gasteiger partial charge in [0, 0.05) is 110 Å². The van der Waals surface area contributed by atoms with Crippen molar-refractivity contribution in [3.63, 3.8) is 0 Å². The third kappa shape index (κ3) is 27.7. The molecular formula is C84H121N12O14+. The molecule has 0 bridgehead atoms. The topological polar surface area (TPSA) is 310 Å². The van der Waals surface area contributed by atoms with Crippen molar-refractivity contribution >= 4 is 58.6 Å². The minimum atomic E-state index is -0.512. The van der Waals surface area contributed by atoms with Gasteiger partial charge in [-0.1, -0.05) is 164 Å². The quantitative estimate of drug-likeness (QED) is 0.0136. The number of carbonyl (C=O) groups excluding carboxylic acids is 8. The van der Waals surface area contributed by atoms with Crippen LogP contribution in [0, 0.1) is 22.2 Å². The second-order valence-corrected chi connectivity index (χ2v) is 32.3. The van der Waals surface area contributed by atoms with E-state index in [4.69, 9.17) is 28.4 Å². The van der Waals surface area contributed by atoms with Crippen LogP contribution in [0.2, 0.25) is 0 Å². The van der Waals surface area contributed by atoms with Gasteiger partial charge in [0.25, 0.3) is 5.69 Å². The number of alkyl carbamates (subject to hydrolysis) is 1. The van der Waals surface area contributed by atoms with Gasteiger partial charge in [-0.2, -0.15) is 4.68 Å². The summed E-state index contributed by atoms with van der Waals surface area (Å²) in [6.07, 6.45) is 6.24. The average molecular weight is 1520 g/mol. The number of aromatic nitrogens is 6. The first-order chi connectivity index (χ1) is 52.4. The van der Waals surface area contributed by atoms with Gasteiger partial charge in [0.1, 0.15) is 31.2 Å². The highest BCUT2D eigenvalue weighted by atomic mass is 16.6. The minimum Gasteiger partial charge on any atom is -0.464 e. The van der Waals surface area contributed by atoms with Crippen LogP contribution in [0.25, 0.3) is 45.0 Å². The van der Waals surface area contributed by atoms with Crippen LogP contribution in [-0.2, 0) is 88.2 Å². The molecular weight excluding hydrogens is 1400 g/mol. The number of ether oxygens (including phenoxy) is 6. The molecule has 2 aliphatic heterocycles. The van der Waals surface area contributed by atoms with E-state index in [-0.39, 0.29) is 109 Å². The number of anilines is 2. The highest BCUT2D eigenvalue weighted by molar-refractivity contribution is 6.02. The average Bonchev–Trinajstić information content (AvgIpc) is 1.54. The van der Waals surface area contributed by atoms with E-state index in [1.165, 1.54) is 0 Å². The molecule has 0 radical (unpaired) electrons. The van der Waals surface area contributed by atoms with Gasteiger partial charge in [-0.25, -0.2) is 9.48 Å². The number of amides is 5. The smallest absolute Gasteiger partial charge is 0.407 e. The van der Waals surface area contributed by atoms with Crippen molar-refractivity contribution in [3.05, 3.63) is 108 Å². The number of benzene rings is 4. The fourth-order valence-electron chi connectivity index (χ4n) is 13.4. The zero-order chi connectivity index (χ0) is 80.0. The van der Waals surface area contributed by atoms with Crippen molar-refractivity contribution in [1.82, 2.24) is 46.6 Å². The first kappa shape index (κ1) is 88.1. The summed E-state index contributed by atoms with van der Waals surface area (Å²) >= 11 is 0. The molecule has 600 valence electrons. The van der Waals surface area contributed by atoms with E-state index >= 15 is 0 Å². The normalized spacial score (nSPS) is 13.1. The molecule has 6 aromatic rings. The van der Waals surface area contributed by atoms with E-state index in [1.807, 2.05) is 143 Å². The molecule has 2 aliphatic rings. The lowest BCUT2D eigenvalue weighted by molar-refractivity contribution is -0.744. The van der Waals surface area contributed by atoms with E-state index in [9.17, 15) is 38.4 Å². The van der Waals surface area contributed by atoms with Crippen LogP contribution in [-0.4, -0.2) is 171 Å². The summed E-state index contributed by atoms with van der Waals surface area (Å²) in [6.45, 7) is 29.6. The maximum atomic E-state index is 13.9. The number of hydrogen-bond donors (Lipinski definition) is 5. The number of para-hydroxylation sites is 2. The Kier molecular flexibility index (Phi) is 34.4. The monoisotopic (exact) mass is 1520 g/mol. The minimum absolute atomic E-state index is 0.0188. The molecule has 26 heteroatoms. The van der Waals surface area contributed by atoms with Gasteiger partial charge < -0.3 is 59.5 Å². The number of Topliss-reactive ketones (excluding diaryl/α,β-unsaturated/α-hetero) is 2. The Morgan fingerprint density at radius 1 is 0.518 bits per heavy atom. The number of ketones is 2. The number of methoxy groups -OCH3 is 2. The summed E-state index contributed by atoms with van der Waals surface area (Å²) in [5, 5.41) is 28.8. The van der Waals surface area contributed by atoms with Gasteiger partial charge in [0.05, 0.1) is 87.9 Å². The number of rotatable bonds is 39. The Bertz CT molecular complexity index is 3990. The maximum Gasteiger partial charge on any atom is 0.407 e. The predicted molar refractivity (Wildman–Crippen MR) is 423 cm³/mol. The lowest BCUT2D eigenvalue weighted by atomic mass is 9.74. The number of carbonyl (C=O) groups is 8. The lowest BCUT2D eigenvalue weighted by Gasteiger charge is -2.31. The van der Waals surface area contributed by atoms with Gasteiger partial charge in [0.15, 0.2) is 5.78 Å². The summed E-state index contributed by atoms with van der Waals surface area (Å²) in [4.78, 5) is 108. The molecule has 4 aromatic carbocycles. The number of hydrogen-bond acceptors (Lipinski definition) is 18. The Morgan fingerprint density at radius 2 is 1.05 bits per heavy atom. The van der Waals surface area contributed by atoms with Crippen molar-refractivity contribution in [2.45, 2.75) is 204 Å². The molecule has 0 fully saturated rings. The largest absolute Gasteiger partial charge is 0.464 e. The molecule has 0 aliphatic carbocycles. The summed E-state index contributed by atoms with van der Waals surface area (Å²) in [5.41, 5.74) is 8.38. The van der Waals surface area contributed by atoms with E-state index in [0.717, 1.165) is 76.9 Å². The summed E-state index contributed by atoms with van der Waals surface area (Å²) in [6, 6.07) is 30.6.